The molecule has 2 aromatic rings. The average Bonchev–Trinajstić information content (AvgIpc) is 3.36. The van der Waals surface area contributed by atoms with Crippen LogP contribution < -0.4 is 15.4 Å². The number of ether oxygens (including phenoxy) is 1. The number of alkyl halides is 3. The van der Waals surface area contributed by atoms with Gasteiger partial charge in [-0.1, -0.05) is 30.3 Å². The van der Waals surface area contributed by atoms with Crippen molar-refractivity contribution in [1.82, 2.24) is 10.6 Å². The second-order valence-electron chi connectivity index (χ2n) is 6.23. The van der Waals surface area contributed by atoms with Gasteiger partial charge < -0.3 is 15.4 Å². The maximum atomic E-state index is 13.2. The SMILES string of the molecule is CN=C(NCc1cccc(F)c1)NC1CC1c1ccccc1OC(F)(F)F. The predicted molar refractivity (Wildman–Crippen MR) is 94.0 cm³/mol. The molecule has 0 heterocycles. The molecule has 2 atom stereocenters. The molecule has 2 aromatic carbocycles. The van der Waals surface area contributed by atoms with Crippen LogP contribution in [0.15, 0.2) is 53.5 Å². The standard InChI is InChI=1S/C19H19F4N3O/c1-24-18(25-11-12-5-4-6-13(20)9-12)26-16-10-15(16)14-7-2-3-8-17(14)27-19(21,22)23/h2-9,15-16H,10-11H2,1H3,(H2,24,25,26). The third-order valence-corrected chi connectivity index (χ3v) is 4.23. The van der Waals surface area contributed by atoms with Gasteiger partial charge in [-0.2, -0.15) is 0 Å². The summed E-state index contributed by atoms with van der Waals surface area (Å²) in [6.45, 7) is 0.378. The summed E-state index contributed by atoms with van der Waals surface area (Å²) < 4.78 is 55.0. The van der Waals surface area contributed by atoms with E-state index in [1.54, 1.807) is 31.3 Å². The molecule has 2 unspecified atom stereocenters. The van der Waals surface area contributed by atoms with Gasteiger partial charge in [0.2, 0.25) is 0 Å². The largest absolute Gasteiger partial charge is 0.573 e. The second-order valence-corrected chi connectivity index (χ2v) is 6.23. The lowest BCUT2D eigenvalue weighted by atomic mass is 10.1. The van der Waals surface area contributed by atoms with Crippen LogP contribution in [0.25, 0.3) is 0 Å². The summed E-state index contributed by atoms with van der Waals surface area (Å²) in [5.41, 5.74) is 1.27. The Morgan fingerprint density at radius 3 is 2.67 bits per heavy atom. The highest BCUT2D eigenvalue weighted by Crippen LogP contribution is 2.45. The second kappa shape index (κ2) is 7.85. The summed E-state index contributed by atoms with van der Waals surface area (Å²) in [7, 11) is 1.60. The van der Waals surface area contributed by atoms with Gasteiger partial charge in [-0.05, 0) is 35.7 Å². The first-order chi connectivity index (χ1) is 12.9. The van der Waals surface area contributed by atoms with Crippen LogP contribution in [0.1, 0.15) is 23.5 Å². The molecular weight excluding hydrogens is 362 g/mol. The first-order valence-corrected chi connectivity index (χ1v) is 8.42. The molecule has 0 aliphatic heterocycles. The number of guanidine groups is 1. The van der Waals surface area contributed by atoms with E-state index in [2.05, 4.69) is 20.4 Å². The van der Waals surface area contributed by atoms with Gasteiger partial charge in [-0.15, -0.1) is 13.2 Å². The minimum Gasteiger partial charge on any atom is -0.405 e. The number of nitrogens with zero attached hydrogens (tertiary/aromatic N) is 1. The van der Waals surface area contributed by atoms with Gasteiger partial charge in [0.15, 0.2) is 5.96 Å². The van der Waals surface area contributed by atoms with Crippen LogP contribution in [-0.2, 0) is 6.54 Å². The smallest absolute Gasteiger partial charge is 0.405 e. The summed E-state index contributed by atoms with van der Waals surface area (Å²) in [5.74, 6) is -0.0972. The zero-order valence-corrected chi connectivity index (χ0v) is 14.6. The third-order valence-electron chi connectivity index (χ3n) is 4.23. The lowest BCUT2D eigenvalue weighted by molar-refractivity contribution is -0.274. The van der Waals surface area contributed by atoms with E-state index in [0.29, 0.717) is 24.5 Å². The minimum atomic E-state index is -4.73. The van der Waals surface area contributed by atoms with Crippen LogP contribution in [0.2, 0.25) is 0 Å². The number of aliphatic imine (C=N–C) groups is 1. The third kappa shape index (κ3) is 5.35. The van der Waals surface area contributed by atoms with Crippen molar-refractivity contribution in [1.29, 1.82) is 0 Å². The van der Waals surface area contributed by atoms with Crippen molar-refractivity contribution in [3.8, 4) is 5.75 Å². The van der Waals surface area contributed by atoms with Crippen LogP contribution in [-0.4, -0.2) is 25.4 Å². The lowest BCUT2D eigenvalue weighted by Gasteiger charge is -2.14. The minimum absolute atomic E-state index is 0.0540. The Hall–Kier alpha value is -2.77. The fraction of sp³-hybridized carbons (Fsp3) is 0.316. The van der Waals surface area contributed by atoms with E-state index in [1.165, 1.54) is 24.3 Å². The quantitative estimate of drug-likeness (QED) is 0.468. The van der Waals surface area contributed by atoms with E-state index in [1.807, 2.05) is 0 Å². The van der Waals surface area contributed by atoms with Crippen molar-refractivity contribution >= 4 is 5.96 Å². The highest BCUT2D eigenvalue weighted by atomic mass is 19.4. The maximum absolute atomic E-state index is 13.2. The van der Waals surface area contributed by atoms with E-state index in [0.717, 1.165) is 5.56 Å². The van der Waals surface area contributed by atoms with Gasteiger partial charge in [0.05, 0.1) is 0 Å². The Morgan fingerprint density at radius 1 is 1.19 bits per heavy atom. The van der Waals surface area contributed by atoms with Gasteiger partial charge in [-0.25, -0.2) is 4.39 Å². The van der Waals surface area contributed by atoms with Crippen LogP contribution in [0.5, 0.6) is 5.75 Å². The number of para-hydroxylation sites is 1. The van der Waals surface area contributed by atoms with Gasteiger partial charge in [0, 0.05) is 25.6 Å². The normalized spacial score (nSPS) is 19.5. The molecule has 4 nitrogen and oxygen atoms in total. The fourth-order valence-electron chi connectivity index (χ4n) is 2.91. The summed E-state index contributed by atoms with van der Waals surface area (Å²) in [5, 5.41) is 6.24. The molecule has 0 radical (unpaired) electrons. The molecule has 0 bridgehead atoms. The molecule has 0 saturated heterocycles. The fourth-order valence-corrected chi connectivity index (χ4v) is 2.91. The molecule has 3 rings (SSSR count). The zero-order valence-electron chi connectivity index (χ0n) is 14.6. The number of halogens is 4. The van der Waals surface area contributed by atoms with E-state index in [-0.39, 0.29) is 23.5 Å². The lowest BCUT2D eigenvalue weighted by Crippen LogP contribution is -2.38. The van der Waals surface area contributed by atoms with Crippen molar-refractivity contribution < 1.29 is 22.3 Å². The summed E-state index contributed by atoms with van der Waals surface area (Å²) in [6, 6.07) is 12.3. The molecule has 27 heavy (non-hydrogen) atoms. The maximum Gasteiger partial charge on any atom is 0.573 e. The first-order valence-electron chi connectivity index (χ1n) is 8.42. The molecule has 1 saturated carbocycles. The summed E-state index contributed by atoms with van der Waals surface area (Å²) >= 11 is 0. The van der Waals surface area contributed by atoms with E-state index in [9.17, 15) is 17.6 Å². The van der Waals surface area contributed by atoms with Crippen LogP contribution in [0.4, 0.5) is 17.6 Å². The Bertz CT molecular complexity index is 823. The Labute approximate surface area is 154 Å². The molecule has 0 aromatic heterocycles. The average molecular weight is 381 g/mol. The molecule has 0 amide bonds. The highest BCUT2D eigenvalue weighted by Gasteiger charge is 2.42. The van der Waals surface area contributed by atoms with Gasteiger partial charge in [-0.3, -0.25) is 4.99 Å². The molecule has 0 spiro atoms. The van der Waals surface area contributed by atoms with Crippen LogP contribution >= 0.6 is 0 Å². The van der Waals surface area contributed by atoms with Crippen molar-refractivity contribution in [2.24, 2.45) is 4.99 Å². The van der Waals surface area contributed by atoms with Gasteiger partial charge >= 0.3 is 6.36 Å². The molecule has 2 N–H and O–H groups in total. The van der Waals surface area contributed by atoms with Gasteiger partial charge in [0.1, 0.15) is 11.6 Å². The Kier molecular flexibility index (Phi) is 5.53. The van der Waals surface area contributed by atoms with Crippen molar-refractivity contribution in [2.45, 2.75) is 31.3 Å². The zero-order chi connectivity index (χ0) is 19.4. The van der Waals surface area contributed by atoms with E-state index in [4.69, 9.17) is 0 Å². The number of hydrogen-bond donors (Lipinski definition) is 2. The molecule has 1 aliphatic rings. The topological polar surface area (TPSA) is 45.7 Å². The number of nitrogens with one attached hydrogen (secondary N) is 2. The first kappa shape index (κ1) is 19.0. The molecule has 8 heteroatoms. The predicted octanol–water partition coefficient (Wildman–Crippen LogP) is 3.95. The molecule has 1 aliphatic carbocycles. The number of benzene rings is 2. The van der Waals surface area contributed by atoms with Gasteiger partial charge in [0.25, 0.3) is 0 Å². The highest BCUT2D eigenvalue weighted by molar-refractivity contribution is 5.80. The Morgan fingerprint density at radius 2 is 1.96 bits per heavy atom. The van der Waals surface area contributed by atoms with Crippen LogP contribution in [0.3, 0.4) is 0 Å². The van der Waals surface area contributed by atoms with E-state index < -0.39 is 6.36 Å². The van der Waals surface area contributed by atoms with Crippen molar-refractivity contribution in [2.75, 3.05) is 7.05 Å². The monoisotopic (exact) mass is 381 g/mol. The molecule has 144 valence electrons. The van der Waals surface area contributed by atoms with Crippen LogP contribution in [0, 0.1) is 5.82 Å². The summed E-state index contributed by atoms with van der Waals surface area (Å²) in [4.78, 5) is 4.11. The number of rotatable bonds is 5. The molecular formula is C19H19F4N3O. The van der Waals surface area contributed by atoms with Crippen molar-refractivity contribution in [3.05, 3.63) is 65.5 Å². The van der Waals surface area contributed by atoms with E-state index >= 15 is 0 Å². The van der Waals surface area contributed by atoms with Crippen molar-refractivity contribution in [3.63, 3.8) is 0 Å². The summed E-state index contributed by atoms with van der Waals surface area (Å²) in [6.07, 6.45) is -4.06. The number of hydrogen-bond acceptors (Lipinski definition) is 2. The Balaban J connectivity index is 1.58. The molecule has 1 fully saturated rings.